The van der Waals surface area contributed by atoms with Gasteiger partial charge in [-0.1, -0.05) is 0 Å². The van der Waals surface area contributed by atoms with Crippen molar-refractivity contribution in [1.82, 2.24) is 5.32 Å². The summed E-state index contributed by atoms with van der Waals surface area (Å²) in [5, 5.41) is 2.98. The predicted octanol–water partition coefficient (Wildman–Crippen LogP) is 1.11. The summed E-state index contributed by atoms with van der Waals surface area (Å²) in [6.45, 7) is 5.19. The number of ether oxygens (including phenoxy) is 1. The van der Waals surface area contributed by atoms with E-state index in [0.717, 1.165) is 13.0 Å². The Morgan fingerprint density at radius 1 is 1.55 bits per heavy atom. The molecule has 0 aromatic heterocycles. The van der Waals surface area contributed by atoms with Gasteiger partial charge in [-0.25, -0.2) is 4.39 Å². The van der Waals surface area contributed by atoms with E-state index in [-0.39, 0.29) is 12.2 Å². The van der Waals surface area contributed by atoms with Crippen molar-refractivity contribution in [3.8, 4) is 0 Å². The zero-order chi connectivity index (χ0) is 8.27. The average molecular weight is 161 g/mol. The SMILES string of the molecule is CC(C)OC1CCNCC1F. The van der Waals surface area contributed by atoms with Gasteiger partial charge < -0.3 is 10.1 Å². The van der Waals surface area contributed by atoms with Gasteiger partial charge in [0.25, 0.3) is 0 Å². The molecule has 3 heteroatoms. The van der Waals surface area contributed by atoms with Crippen molar-refractivity contribution in [3.05, 3.63) is 0 Å². The summed E-state index contributed by atoms with van der Waals surface area (Å²) in [6, 6.07) is 0. The highest BCUT2D eigenvalue weighted by atomic mass is 19.1. The Balaban J connectivity index is 2.29. The third-order valence-electron chi connectivity index (χ3n) is 1.80. The van der Waals surface area contributed by atoms with E-state index in [0.29, 0.717) is 6.54 Å². The van der Waals surface area contributed by atoms with Crippen molar-refractivity contribution in [3.63, 3.8) is 0 Å². The molecule has 1 aliphatic heterocycles. The number of alkyl halides is 1. The number of rotatable bonds is 2. The van der Waals surface area contributed by atoms with E-state index in [1.165, 1.54) is 0 Å². The van der Waals surface area contributed by atoms with Crippen molar-refractivity contribution in [2.24, 2.45) is 0 Å². The molecule has 2 nitrogen and oxygen atoms in total. The summed E-state index contributed by atoms with van der Waals surface area (Å²) in [5.74, 6) is 0. The van der Waals surface area contributed by atoms with Crippen LogP contribution in [-0.2, 0) is 4.74 Å². The molecular formula is C8H16FNO. The molecular weight excluding hydrogens is 145 g/mol. The minimum absolute atomic E-state index is 0.136. The Kier molecular flexibility index (Phi) is 3.27. The normalized spacial score (nSPS) is 32.7. The minimum Gasteiger partial charge on any atom is -0.372 e. The van der Waals surface area contributed by atoms with Crippen LogP contribution in [0.3, 0.4) is 0 Å². The van der Waals surface area contributed by atoms with Crippen LogP contribution in [0, 0.1) is 0 Å². The Morgan fingerprint density at radius 2 is 2.27 bits per heavy atom. The lowest BCUT2D eigenvalue weighted by Gasteiger charge is -2.28. The largest absolute Gasteiger partial charge is 0.372 e. The quantitative estimate of drug-likeness (QED) is 0.655. The summed E-state index contributed by atoms with van der Waals surface area (Å²) in [7, 11) is 0. The molecule has 0 aromatic rings. The van der Waals surface area contributed by atoms with E-state index in [9.17, 15) is 4.39 Å². The maximum Gasteiger partial charge on any atom is 0.139 e. The molecule has 0 amide bonds. The molecule has 1 saturated heterocycles. The van der Waals surface area contributed by atoms with E-state index in [1.807, 2.05) is 13.8 Å². The van der Waals surface area contributed by atoms with Gasteiger partial charge >= 0.3 is 0 Å². The molecule has 0 spiro atoms. The second-order valence-corrected chi connectivity index (χ2v) is 3.23. The van der Waals surface area contributed by atoms with E-state index in [4.69, 9.17) is 4.74 Å². The van der Waals surface area contributed by atoms with E-state index in [2.05, 4.69) is 5.32 Å². The highest BCUT2D eigenvalue weighted by molar-refractivity contribution is 4.78. The number of nitrogens with one attached hydrogen (secondary N) is 1. The van der Waals surface area contributed by atoms with Crippen LogP contribution in [0.2, 0.25) is 0 Å². The van der Waals surface area contributed by atoms with Crippen molar-refractivity contribution in [2.75, 3.05) is 13.1 Å². The number of hydrogen-bond acceptors (Lipinski definition) is 2. The van der Waals surface area contributed by atoms with Crippen molar-refractivity contribution in [2.45, 2.75) is 38.6 Å². The zero-order valence-electron chi connectivity index (χ0n) is 7.14. The summed E-state index contributed by atoms with van der Waals surface area (Å²) < 4.78 is 18.4. The van der Waals surface area contributed by atoms with Crippen LogP contribution in [0.4, 0.5) is 4.39 Å². The lowest BCUT2D eigenvalue weighted by atomic mass is 10.1. The molecule has 0 saturated carbocycles. The molecule has 0 radical (unpaired) electrons. The fourth-order valence-corrected chi connectivity index (χ4v) is 1.30. The molecule has 2 unspecified atom stereocenters. The Hall–Kier alpha value is -0.150. The molecule has 1 fully saturated rings. The third kappa shape index (κ3) is 2.75. The maximum absolute atomic E-state index is 13.0. The van der Waals surface area contributed by atoms with Crippen LogP contribution < -0.4 is 5.32 Å². The fraction of sp³-hybridized carbons (Fsp3) is 1.00. The van der Waals surface area contributed by atoms with Crippen LogP contribution in [0.5, 0.6) is 0 Å². The molecule has 1 aliphatic rings. The van der Waals surface area contributed by atoms with Gasteiger partial charge in [-0.2, -0.15) is 0 Å². The Labute approximate surface area is 67.1 Å². The highest BCUT2D eigenvalue weighted by Gasteiger charge is 2.25. The van der Waals surface area contributed by atoms with Gasteiger partial charge in [0.15, 0.2) is 0 Å². The van der Waals surface area contributed by atoms with Gasteiger partial charge in [0.2, 0.25) is 0 Å². The fourth-order valence-electron chi connectivity index (χ4n) is 1.30. The molecule has 0 aromatic carbocycles. The Morgan fingerprint density at radius 3 is 2.82 bits per heavy atom. The molecule has 0 bridgehead atoms. The van der Waals surface area contributed by atoms with E-state index in [1.54, 1.807) is 0 Å². The van der Waals surface area contributed by atoms with Crippen molar-refractivity contribution < 1.29 is 9.13 Å². The topological polar surface area (TPSA) is 21.3 Å². The lowest BCUT2D eigenvalue weighted by Crippen LogP contribution is -2.43. The first-order chi connectivity index (χ1) is 5.20. The lowest BCUT2D eigenvalue weighted by molar-refractivity contribution is -0.0495. The summed E-state index contributed by atoms with van der Waals surface area (Å²) >= 11 is 0. The predicted molar refractivity (Wildman–Crippen MR) is 42.4 cm³/mol. The van der Waals surface area contributed by atoms with Gasteiger partial charge in [-0.3, -0.25) is 0 Å². The Bertz CT molecular complexity index is 119. The van der Waals surface area contributed by atoms with Crippen LogP contribution in [-0.4, -0.2) is 31.5 Å². The third-order valence-corrected chi connectivity index (χ3v) is 1.80. The maximum atomic E-state index is 13.0. The molecule has 1 rings (SSSR count). The second-order valence-electron chi connectivity index (χ2n) is 3.23. The van der Waals surface area contributed by atoms with Gasteiger partial charge in [0, 0.05) is 6.54 Å². The number of hydrogen-bond donors (Lipinski definition) is 1. The zero-order valence-corrected chi connectivity index (χ0v) is 7.14. The molecule has 0 aliphatic carbocycles. The summed E-state index contributed by atoms with van der Waals surface area (Å²) in [6.07, 6.45) is -0.0851. The van der Waals surface area contributed by atoms with Crippen molar-refractivity contribution >= 4 is 0 Å². The smallest absolute Gasteiger partial charge is 0.139 e. The number of piperidine rings is 1. The minimum atomic E-state index is -0.828. The van der Waals surface area contributed by atoms with Crippen LogP contribution in [0.15, 0.2) is 0 Å². The van der Waals surface area contributed by atoms with Gasteiger partial charge in [0.05, 0.1) is 12.2 Å². The summed E-state index contributed by atoms with van der Waals surface area (Å²) in [5.41, 5.74) is 0. The highest BCUT2D eigenvalue weighted by Crippen LogP contribution is 2.13. The standard InChI is InChI=1S/C8H16FNO/c1-6(2)11-8-3-4-10-5-7(8)9/h6-8,10H,3-5H2,1-2H3. The van der Waals surface area contributed by atoms with Crippen LogP contribution in [0.25, 0.3) is 0 Å². The molecule has 1 N–H and O–H groups in total. The van der Waals surface area contributed by atoms with Gasteiger partial charge in [0.1, 0.15) is 6.17 Å². The number of halogens is 1. The first-order valence-corrected chi connectivity index (χ1v) is 4.20. The van der Waals surface area contributed by atoms with Gasteiger partial charge in [-0.15, -0.1) is 0 Å². The molecule has 66 valence electrons. The van der Waals surface area contributed by atoms with Crippen molar-refractivity contribution in [1.29, 1.82) is 0 Å². The van der Waals surface area contributed by atoms with Gasteiger partial charge in [-0.05, 0) is 26.8 Å². The second kappa shape index (κ2) is 4.02. The molecule has 1 heterocycles. The van der Waals surface area contributed by atoms with Crippen LogP contribution >= 0.6 is 0 Å². The molecule has 11 heavy (non-hydrogen) atoms. The molecule has 2 atom stereocenters. The average Bonchev–Trinajstić information content (AvgIpc) is 1.93. The monoisotopic (exact) mass is 161 g/mol. The van der Waals surface area contributed by atoms with E-state index < -0.39 is 6.17 Å². The first kappa shape index (κ1) is 8.94. The van der Waals surface area contributed by atoms with E-state index >= 15 is 0 Å². The van der Waals surface area contributed by atoms with Crippen LogP contribution in [0.1, 0.15) is 20.3 Å². The summed E-state index contributed by atoms with van der Waals surface area (Å²) in [4.78, 5) is 0. The first-order valence-electron chi connectivity index (χ1n) is 4.20.